The number of nitrogen functional groups attached to an aromatic ring is 1. The van der Waals surface area contributed by atoms with Gasteiger partial charge in [-0.1, -0.05) is 6.07 Å². The van der Waals surface area contributed by atoms with Crippen LogP contribution < -0.4 is 10.6 Å². The molecule has 5 nitrogen and oxygen atoms in total. The van der Waals surface area contributed by atoms with Crippen LogP contribution in [0.15, 0.2) is 18.2 Å². The maximum atomic E-state index is 11.6. The molecular weight excluding hydrogens is 262 g/mol. The van der Waals surface area contributed by atoms with Crippen LogP contribution in [-0.2, 0) is 9.84 Å². The molecule has 104 valence electrons. The van der Waals surface area contributed by atoms with Gasteiger partial charge in [0.05, 0.1) is 11.5 Å². The van der Waals surface area contributed by atoms with E-state index in [1.807, 2.05) is 30.0 Å². The van der Waals surface area contributed by atoms with Gasteiger partial charge in [-0.3, -0.25) is 5.41 Å². The number of sulfone groups is 1. The van der Waals surface area contributed by atoms with Crippen molar-refractivity contribution in [3.05, 3.63) is 29.3 Å². The third-order valence-corrected chi connectivity index (χ3v) is 5.05. The summed E-state index contributed by atoms with van der Waals surface area (Å²) >= 11 is 0. The van der Waals surface area contributed by atoms with Crippen molar-refractivity contribution in [2.75, 3.05) is 29.5 Å². The van der Waals surface area contributed by atoms with Gasteiger partial charge in [-0.25, -0.2) is 8.42 Å². The van der Waals surface area contributed by atoms with Crippen molar-refractivity contribution in [1.82, 2.24) is 0 Å². The molecule has 0 saturated carbocycles. The summed E-state index contributed by atoms with van der Waals surface area (Å²) in [6, 6.07) is 5.70. The molecule has 0 radical (unpaired) electrons. The lowest BCUT2D eigenvalue weighted by atomic mass is 10.1. The number of nitrogens with zero attached hydrogens (tertiary/aromatic N) is 1. The summed E-state index contributed by atoms with van der Waals surface area (Å²) in [6.07, 6.45) is 0.619. The first-order chi connectivity index (χ1) is 8.89. The smallest absolute Gasteiger partial charge is 0.152 e. The predicted molar refractivity (Wildman–Crippen MR) is 77.7 cm³/mol. The second kappa shape index (κ2) is 5.21. The molecule has 0 unspecified atom stereocenters. The highest BCUT2D eigenvalue weighted by Gasteiger charge is 2.21. The van der Waals surface area contributed by atoms with Gasteiger partial charge in [0, 0.05) is 24.3 Å². The Balaban J connectivity index is 2.35. The highest BCUT2D eigenvalue weighted by atomic mass is 32.2. The lowest BCUT2D eigenvalue weighted by molar-refractivity contribution is 0.597. The maximum absolute atomic E-state index is 11.6. The van der Waals surface area contributed by atoms with Crippen molar-refractivity contribution >= 4 is 21.4 Å². The fourth-order valence-electron chi connectivity index (χ4n) is 2.31. The van der Waals surface area contributed by atoms with Gasteiger partial charge >= 0.3 is 0 Å². The van der Waals surface area contributed by atoms with E-state index in [1.54, 1.807) is 0 Å². The average Bonchev–Trinajstić information content (AvgIpc) is 2.49. The van der Waals surface area contributed by atoms with Crippen LogP contribution in [0, 0.1) is 12.3 Å². The SMILES string of the molecule is Cc1ccc(C(=N)N)c(N2CCCS(=O)(=O)CC2)c1. The number of hydrogen-bond acceptors (Lipinski definition) is 4. The first kappa shape index (κ1) is 13.9. The normalized spacial score (nSPS) is 18.9. The number of aryl methyl sites for hydroxylation is 1. The van der Waals surface area contributed by atoms with Crippen LogP contribution in [0.25, 0.3) is 0 Å². The van der Waals surface area contributed by atoms with Gasteiger partial charge in [0.15, 0.2) is 9.84 Å². The minimum Gasteiger partial charge on any atom is -0.384 e. The maximum Gasteiger partial charge on any atom is 0.152 e. The largest absolute Gasteiger partial charge is 0.384 e. The van der Waals surface area contributed by atoms with Gasteiger partial charge in [-0.05, 0) is 31.0 Å². The lowest BCUT2D eigenvalue weighted by Gasteiger charge is -2.25. The summed E-state index contributed by atoms with van der Waals surface area (Å²) < 4.78 is 23.3. The number of nitrogens with two attached hydrogens (primary N) is 1. The molecule has 1 aromatic rings. The predicted octanol–water partition coefficient (Wildman–Crippen LogP) is 0.904. The minimum atomic E-state index is -2.93. The highest BCUT2D eigenvalue weighted by Crippen LogP contribution is 2.23. The van der Waals surface area contributed by atoms with E-state index in [1.165, 1.54) is 0 Å². The minimum absolute atomic E-state index is 0.0158. The standard InChI is InChI=1S/C13H19N3O2S/c1-10-3-4-11(13(14)15)12(9-10)16-5-2-7-19(17,18)8-6-16/h3-4,9H,2,5-8H2,1H3,(H3,14,15). The summed E-state index contributed by atoms with van der Waals surface area (Å²) in [6.45, 7) is 3.12. The molecule has 0 atom stereocenters. The molecule has 1 aliphatic heterocycles. The van der Waals surface area contributed by atoms with Gasteiger partial charge in [-0.15, -0.1) is 0 Å². The number of nitrogens with one attached hydrogen (secondary N) is 1. The number of amidine groups is 1. The average molecular weight is 281 g/mol. The Kier molecular flexibility index (Phi) is 3.80. The van der Waals surface area contributed by atoms with Gasteiger partial charge in [0.2, 0.25) is 0 Å². The van der Waals surface area contributed by atoms with Crippen LogP contribution in [0.3, 0.4) is 0 Å². The number of anilines is 1. The van der Waals surface area contributed by atoms with Gasteiger partial charge in [-0.2, -0.15) is 0 Å². The van der Waals surface area contributed by atoms with Crippen molar-refractivity contribution in [2.24, 2.45) is 5.73 Å². The first-order valence-corrected chi connectivity index (χ1v) is 8.11. The first-order valence-electron chi connectivity index (χ1n) is 6.29. The van der Waals surface area contributed by atoms with Crippen molar-refractivity contribution in [2.45, 2.75) is 13.3 Å². The van der Waals surface area contributed by atoms with Crippen LogP contribution in [-0.4, -0.2) is 38.8 Å². The monoisotopic (exact) mass is 281 g/mol. The molecule has 1 aliphatic rings. The van der Waals surface area contributed by atoms with E-state index in [-0.39, 0.29) is 17.3 Å². The quantitative estimate of drug-likeness (QED) is 0.623. The lowest BCUT2D eigenvalue weighted by Crippen LogP contribution is -2.29. The van der Waals surface area contributed by atoms with E-state index in [0.717, 1.165) is 11.3 Å². The molecule has 0 aromatic heterocycles. The van der Waals surface area contributed by atoms with Crippen molar-refractivity contribution in [1.29, 1.82) is 5.41 Å². The topological polar surface area (TPSA) is 87.2 Å². The number of hydrogen-bond donors (Lipinski definition) is 2. The van der Waals surface area contributed by atoms with Crippen LogP contribution >= 0.6 is 0 Å². The summed E-state index contributed by atoms with van der Waals surface area (Å²) in [5.41, 5.74) is 8.21. The van der Waals surface area contributed by atoms with Crippen molar-refractivity contribution in [3.63, 3.8) is 0 Å². The molecule has 1 saturated heterocycles. The third-order valence-electron chi connectivity index (χ3n) is 3.34. The van der Waals surface area contributed by atoms with E-state index in [9.17, 15) is 8.42 Å². The molecule has 0 spiro atoms. The highest BCUT2D eigenvalue weighted by molar-refractivity contribution is 7.91. The number of benzene rings is 1. The van der Waals surface area contributed by atoms with Crippen LogP contribution in [0.1, 0.15) is 17.5 Å². The summed E-state index contributed by atoms with van der Waals surface area (Å²) in [4.78, 5) is 2.02. The molecule has 0 bridgehead atoms. The van der Waals surface area contributed by atoms with E-state index in [2.05, 4.69) is 0 Å². The van der Waals surface area contributed by atoms with Crippen molar-refractivity contribution in [3.8, 4) is 0 Å². The Morgan fingerprint density at radius 1 is 1.32 bits per heavy atom. The molecule has 2 rings (SSSR count). The third kappa shape index (κ3) is 3.26. The number of rotatable bonds is 2. The zero-order chi connectivity index (χ0) is 14.0. The van der Waals surface area contributed by atoms with E-state index in [4.69, 9.17) is 11.1 Å². The van der Waals surface area contributed by atoms with Crippen LogP contribution in [0.5, 0.6) is 0 Å². The Labute approximate surface area is 113 Å². The second-order valence-corrected chi connectivity index (χ2v) is 7.23. The molecule has 1 fully saturated rings. The molecule has 1 aromatic carbocycles. The van der Waals surface area contributed by atoms with Gasteiger partial charge in [0.25, 0.3) is 0 Å². The van der Waals surface area contributed by atoms with E-state index < -0.39 is 9.84 Å². The van der Waals surface area contributed by atoms with Crippen LogP contribution in [0.2, 0.25) is 0 Å². The molecule has 3 N–H and O–H groups in total. The van der Waals surface area contributed by atoms with Gasteiger partial charge in [0.1, 0.15) is 5.84 Å². The van der Waals surface area contributed by atoms with E-state index in [0.29, 0.717) is 25.1 Å². The zero-order valence-electron chi connectivity index (χ0n) is 11.0. The zero-order valence-corrected chi connectivity index (χ0v) is 11.8. The Bertz CT molecular complexity index is 596. The molecule has 19 heavy (non-hydrogen) atoms. The van der Waals surface area contributed by atoms with Gasteiger partial charge < -0.3 is 10.6 Å². The fraction of sp³-hybridized carbons (Fsp3) is 0.462. The molecule has 0 aliphatic carbocycles. The van der Waals surface area contributed by atoms with Crippen LogP contribution in [0.4, 0.5) is 5.69 Å². The Hall–Kier alpha value is -1.56. The van der Waals surface area contributed by atoms with Crippen molar-refractivity contribution < 1.29 is 8.42 Å². The molecule has 6 heteroatoms. The Morgan fingerprint density at radius 3 is 2.74 bits per heavy atom. The van der Waals surface area contributed by atoms with E-state index >= 15 is 0 Å². The second-order valence-electron chi connectivity index (χ2n) is 4.93. The fourth-order valence-corrected chi connectivity index (χ4v) is 3.58. The Morgan fingerprint density at radius 2 is 2.05 bits per heavy atom. The summed E-state index contributed by atoms with van der Waals surface area (Å²) in [5, 5.41) is 7.63. The molecular formula is C13H19N3O2S. The molecule has 0 amide bonds. The summed E-state index contributed by atoms with van der Waals surface area (Å²) in [7, 11) is -2.93. The summed E-state index contributed by atoms with van der Waals surface area (Å²) in [5.74, 6) is 0.422. The molecule has 1 heterocycles.